The van der Waals surface area contributed by atoms with Gasteiger partial charge in [-0.1, -0.05) is 25.1 Å². The Morgan fingerprint density at radius 2 is 2.00 bits per heavy atom. The number of thiophene rings is 1. The van der Waals surface area contributed by atoms with Crippen molar-refractivity contribution in [3.63, 3.8) is 0 Å². The van der Waals surface area contributed by atoms with Crippen LogP contribution in [-0.2, 0) is 17.6 Å². The molecular weight excluding hydrogens is 336 g/mol. The van der Waals surface area contributed by atoms with Gasteiger partial charge in [-0.15, -0.1) is 11.3 Å². The number of anilines is 2. The number of ether oxygens (including phenoxy) is 1. The van der Waals surface area contributed by atoms with Gasteiger partial charge < -0.3 is 10.1 Å². The molecule has 5 nitrogen and oxygen atoms in total. The summed E-state index contributed by atoms with van der Waals surface area (Å²) in [7, 11) is 0. The first-order valence-corrected chi connectivity index (χ1v) is 9.34. The Balaban J connectivity index is 1.84. The molecule has 1 heterocycles. The second kappa shape index (κ2) is 7.70. The second-order valence-electron chi connectivity index (χ2n) is 6.22. The van der Waals surface area contributed by atoms with E-state index in [1.54, 1.807) is 6.92 Å². The minimum atomic E-state index is -0.358. The molecule has 3 rings (SSSR count). The summed E-state index contributed by atoms with van der Waals surface area (Å²) in [6, 6.07) is 8.86. The van der Waals surface area contributed by atoms with Crippen molar-refractivity contribution in [3.05, 3.63) is 46.3 Å². The summed E-state index contributed by atoms with van der Waals surface area (Å²) in [5, 5.41) is 6.20. The van der Waals surface area contributed by atoms with E-state index in [-0.39, 0.29) is 12.0 Å². The van der Waals surface area contributed by atoms with Crippen LogP contribution in [0.15, 0.2) is 30.3 Å². The summed E-state index contributed by atoms with van der Waals surface area (Å²) in [6.07, 6.45) is 2.84. The van der Waals surface area contributed by atoms with Crippen molar-refractivity contribution >= 4 is 34.0 Å². The van der Waals surface area contributed by atoms with Gasteiger partial charge in [0.1, 0.15) is 5.00 Å². The Morgan fingerprint density at radius 3 is 2.72 bits per heavy atom. The number of esters is 1. The topological polar surface area (TPSA) is 67.4 Å². The number of para-hydroxylation sites is 1. The van der Waals surface area contributed by atoms with Gasteiger partial charge in [-0.2, -0.15) is 0 Å². The van der Waals surface area contributed by atoms with Crippen LogP contribution in [0.5, 0.6) is 0 Å². The van der Waals surface area contributed by atoms with Crippen molar-refractivity contribution < 1.29 is 14.3 Å². The fourth-order valence-electron chi connectivity index (χ4n) is 3.04. The standard InChI is InChI=1S/C19H22N2O3S/c1-3-24-18(22)16-14-10-9-12(2)11-15(14)25-17(16)21-19(23)20-13-7-5-4-6-8-13/h4-8,12H,3,9-11H2,1-2H3,(H2,20,21,23)/t12-/m0/s1. The molecule has 2 amide bonds. The number of hydrogen-bond acceptors (Lipinski definition) is 4. The van der Waals surface area contributed by atoms with Crippen molar-refractivity contribution in [1.29, 1.82) is 0 Å². The van der Waals surface area contributed by atoms with Gasteiger partial charge in [-0.3, -0.25) is 5.32 Å². The zero-order chi connectivity index (χ0) is 17.8. The van der Waals surface area contributed by atoms with E-state index in [2.05, 4.69) is 17.6 Å². The predicted octanol–water partition coefficient (Wildman–Crippen LogP) is 4.69. The molecule has 1 aromatic heterocycles. The van der Waals surface area contributed by atoms with Crippen LogP contribution in [0, 0.1) is 5.92 Å². The molecule has 0 spiro atoms. The van der Waals surface area contributed by atoms with E-state index in [9.17, 15) is 9.59 Å². The highest BCUT2D eigenvalue weighted by atomic mass is 32.1. The minimum absolute atomic E-state index is 0.315. The molecule has 6 heteroatoms. The summed E-state index contributed by atoms with van der Waals surface area (Å²) in [4.78, 5) is 25.9. The van der Waals surface area contributed by atoms with Crippen molar-refractivity contribution in [2.45, 2.75) is 33.1 Å². The van der Waals surface area contributed by atoms with Crippen LogP contribution in [0.1, 0.15) is 41.1 Å². The molecule has 0 unspecified atom stereocenters. The van der Waals surface area contributed by atoms with Gasteiger partial charge in [0.25, 0.3) is 0 Å². The van der Waals surface area contributed by atoms with Crippen molar-refractivity contribution in [2.24, 2.45) is 5.92 Å². The van der Waals surface area contributed by atoms with E-state index in [1.807, 2.05) is 30.3 Å². The molecule has 2 aromatic rings. The molecule has 132 valence electrons. The average molecular weight is 358 g/mol. The van der Waals surface area contributed by atoms with Gasteiger partial charge >= 0.3 is 12.0 Å². The number of nitrogens with one attached hydrogen (secondary N) is 2. The lowest BCUT2D eigenvalue weighted by molar-refractivity contribution is 0.0526. The number of rotatable bonds is 4. The normalized spacial score (nSPS) is 16.0. The third kappa shape index (κ3) is 4.02. The van der Waals surface area contributed by atoms with Crippen molar-refractivity contribution in [2.75, 3.05) is 17.2 Å². The molecular formula is C19H22N2O3S. The summed E-state index contributed by atoms with van der Waals surface area (Å²) in [5.41, 5.74) is 2.26. The zero-order valence-electron chi connectivity index (χ0n) is 14.4. The number of carbonyl (C=O) groups is 2. The first kappa shape index (κ1) is 17.5. The molecule has 2 N–H and O–H groups in total. The zero-order valence-corrected chi connectivity index (χ0v) is 15.2. The van der Waals surface area contributed by atoms with Crippen molar-refractivity contribution in [3.8, 4) is 0 Å². The van der Waals surface area contributed by atoms with Gasteiger partial charge in [-0.25, -0.2) is 9.59 Å². The maximum Gasteiger partial charge on any atom is 0.341 e. The molecule has 0 saturated heterocycles. The summed E-state index contributed by atoms with van der Waals surface area (Å²) < 4.78 is 5.22. The van der Waals surface area contributed by atoms with E-state index in [0.29, 0.717) is 28.8 Å². The van der Waals surface area contributed by atoms with Crippen LogP contribution in [0.25, 0.3) is 0 Å². The average Bonchev–Trinajstić information content (AvgIpc) is 2.92. The largest absolute Gasteiger partial charge is 0.462 e. The molecule has 0 bridgehead atoms. The van der Waals surface area contributed by atoms with E-state index in [0.717, 1.165) is 24.8 Å². The van der Waals surface area contributed by atoms with Gasteiger partial charge in [0, 0.05) is 10.6 Å². The predicted molar refractivity (Wildman–Crippen MR) is 101 cm³/mol. The van der Waals surface area contributed by atoms with Crippen LogP contribution in [-0.4, -0.2) is 18.6 Å². The highest BCUT2D eigenvalue weighted by Gasteiger charge is 2.29. The molecule has 0 aliphatic heterocycles. The fraction of sp³-hybridized carbons (Fsp3) is 0.368. The van der Waals surface area contributed by atoms with Crippen LogP contribution in [0.3, 0.4) is 0 Å². The third-order valence-electron chi connectivity index (χ3n) is 4.25. The Hall–Kier alpha value is -2.34. The van der Waals surface area contributed by atoms with Gasteiger partial charge in [0.05, 0.1) is 12.2 Å². The number of urea groups is 1. The Kier molecular flexibility index (Phi) is 5.38. The first-order chi connectivity index (χ1) is 12.1. The van der Waals surface area contributed by atoms with Crippen LogP contribution >= 0.6 is 11.3 Å². The Labute approximate surface area is 151 Å². The Bertz CT molecular complexity index is 770. The molecule has 25 heavy (non-hydrogen) atoms. The fourth-order valence-corrected chi connectivity index (χ4v) is 4.44. The second-order valence-corrected chi connectivity index (χ2v) is 7.33. The third-order valence-corrected chi connectivity index (χ3v) is 5.42. The monoisotopic (exact) mass is 358 g/mol. The highest BCUT2D eigenvalue weighted by Crippen LogP contribution is 2.40. The highest BCUT2D eigenvalue weighted by molar-refractivity contribution is 7.17. The van der Waals surface area contributed by atoms with Gasteiger partial charge in [-0.05, 0) is 49.8 Å². The molecule has 1 atom stereocenters. The molecule has 0 fully saturated rings. The van der Waals surface area contributed by atoms with Gasteiger partial charge in [0.2, 0.25) is 0 Å². The first-order valence-electron chi connectivity index (χ1n) is 8.53. The SMILES string of the molecule is CCOC(=O)c1c(NC(=O)Nc2ccccc2)sc2c1CC[C@H](C)C2. The van der Waals surface area contributed by atoms with Gasteiger partial charge in [0.15, 0.2) is 0 Å². The minimum Gasteiger partial charge on any atom is -0.462 e. The lowest BCUT2D eigenvalue weighted by atomic mass is 9.88. The van der Waals surface area contributed by atoms with E-state index in [1.165, 1.54) is 16.2 Å². The molecule has 1 aliphatic rings. The number of fused-ring (bicyclic) bond motifs is 1. The van der Waals surface area contributed by atoms with E-state index in [4.69, 9.17) is 4.74 Å². The van der Waals surface area contributed by atoms with Crippen molar-refractivity contribution in [1.82, 2.24) is 0 Å². The molecule has 1 aliphatic carbocycles. The Morgan fingerprint density at radius 1 is 1.24 bits per heavy atom. The summed E-state index contributed by atoms with van der Waals surface area (Å²) in [6.45, 7) is 4.31. The van der Waals surface area contributed by atoms with E-state index >= 15 is 0 Å². The summed E-state index contributed by atoms with van der Waals surface area (Å²) >= 11 is 1.49. The quantitative estimate of drug-likeness (QED) is 0.779. The smallest absolute Gasteiger partial charge is 0.341 e. The molecule has 1 aromatic carbocycles. The number of hydrogen-bond donors (Lipinski definition) is 2. The molecule has 0 saturated carbocycles. The number of amides is 2. The van der Waals surface area contributed by atoms with Crippen LogP contribution in [0.4, 0.5) is 15.5 Å². The molecule has 0 radical (unpaired) electrons. The number of carbonyl (C=O) groups excluding carboxylic acids is 2. The maximum atomic E-state index is 12.4. The van der Waals surface area contributed by atoms with E-state index < -0.39 is 0 Å². The lowest BCUT2D eigenvalue weighted by Gasteiger charge is -2.18. The summed E-state index contributed by atoms with van der Waals surface area (Å²) in [5.74, 6) is 0.233. The lowest BCUT2D eigenvalue weighted by Crippen LogP contribution is -2.21. The van der Waals surface area contributed by atoms with Crippen LogP contribution in [0.2, 0.25) is 0 Å². The maximum absolute atomic E-state index is 12.4. The van der Waals surface area contributed by atoms with Crippen LogP contribution < -0.4 is 10.6 Å². The number of benzene rings is 1.